The third kappa shape index (κ3) is 5.41. The summed E-state index contributed by atoms with van der Waals surface area (Å²) in [5, 5.41) is 4.95. The van der Waals surface area contributed by atoms with Gasteiger partial charge in [0.1, 0.15) is 12.4 Å². The number of amides is 1. The van der Waals surface area contributed by atoms with Crippen molar-refractivity contribution in [2.24, 2.45) is 0 Å². The van der Waals surface area contributed by atoms with E-state index in [0.29, 0.717) is 21.5 Å². The number of nitrogens with one attached hydrogen (secondary N) is 1. The quantitative estimate of drug-likeness (QED) is 0.275. The van der Waals surface area contributed by atoms with Crippen LogP contribution in [0.5, 0.6) is 11.5 Å². The van der Waals surface area contributed by atoms with Gasteiger partial charge in [-0.25, -0.2) is 4.39 Å². The molecule has 0 aliphatic carbocycles. The second kappa shape index (κ2) is 10.3. The molecule has 0 radical (unpaired) electrons. The summed E-state index contributed by atoms with van der Waals surface area (Å²) < 4.78 is 25.8. The number of ether oxygens (including phenoxy) is 2. The van der Waals surface area contributed by atoms with Gasteiger partial charge in [-0.2, -0.15) is 0 Å². The minimum absolute atomic E-state index is 0.0598. The first-order valence-corrected chi connectivity index (χ1v) is 11.0. The fraction of sp³-hybridized carbons (Fsp3) is 0.0741. The predicted octanol–water partition coefficient (Wildman–Crippen LogP) is 6.98. The second-order valence-corrected chi connectivity index (χ2v) is 8.12. The zero-order valence-corrected chi connectivity index (χ0v) is 19.4. The van der Waals surface area contributed by atoms with Crippen molar-refractivity contribution >= 4 is 44.4 Å². The molecule has 0 saturated carbocycles. The number of fused-ring (bicyclic) bond motifs is 1. The summed E-state index contributed by atoms with van der Waals surface area (Å²) in [5.74, 6) is 0.346. The van der Waals surface area contributed by atoms with Gasteiger partial charge in [-0.15, -0.1) is 0 Å². The number of methoxy groups -OCH3 is 1. The lowest BCUT2D eigenvalue weighted by molar-refractivity contribution is -0.111. The maximum absolute atomic E-state index is 13.9. The molecule has 1 amide bonds. The molecule has 0 spiro atoms. The van der Waals surface area contributed by atoms with Crippen molar-refractivity contribution < 1.29 is 18.7 Å². The monoisotopic (exact) mass is 505 g/mol. The van der Waals surface area contributed by atoms with Crippen LogP contribution >= 0.6 is 15.9 Å². The van der Waals surface area contributed by atoms with Crippen LogP contribution in [0, 0.1) is 5.82 Å². The number of hydrogen-bond donors (Lipinski definition) is 1. The van der Waals surface area contributed by atoms with Gasteiger partial charge in [0.05, 0.1) is 11.6 Å². The third-order valence-electron chi connectivity index (χ3n) is 5.06. The third-order valence-corrected chi connectivity index (χ3v) is 5.65. The van der Waals surface area contributed by atoms with E-state index in [4.69, 9.17) is 9.47 Å². The van der Waals surface area contributed by atoms with Crippen molar-refractivity contribution in [3.05, 3.63) is 106 Å². The molecule has 0 bridgehead atoms. The zero-order chi connectivity index (χ0) is 23.2. The highest BCUT2D eigenvalue weighted by molar-refractivity contribution is 9.10. The molecule has 0 aliphatic rings. The molecule has 4 nitrogen and oxygen atoms in total. The van der Waals surface area contributed by atoms with Crippen molar-refractivity contribution in [1.29, 1.82) is 0 Å². The van der Waals surface area contributed by atoms with Crippen LogP contribution in [-0.2, 0) is 11.4 Å². The van der Waals surface area contributed by atoms with E-state index in [1.807, 2.05) is 42.5 Å². The van der Waals surface area contributed by atoms with E-state index in [2.05, 4.69) is 21.2 Å². The minimum Gasteiger partial charge on any atom is -0.493 e. The van der Waals surface area contributed by atoms with Crippen LogP contribution in [0.2, 0.25) is 0 Å². The van der Waals surface area contributed by atoms with Crippen LogP contribution in [0.3, 0.4) is 0 Å². The van der Waals surface area contributed by atoms with Crippen LogP contribution in [-0.4, -0.2) is 13.0 Å². The molecule has 0 aromatic heterocycles. The zero-order valence-electron chi connectivity index (χ0n) is 17.8. The Balaban J connectivity index is 1.49. The van der Waals surface area contributed by atoms with Crippen LogP contribution in [0.1, 0.15) is 11.1 Å². The van der Waals surface area contributed by atoms with Crippen LogP contribution < -0.4 is 14.8 Å². The average molecular weight is 506 g/mol. The summed E-state index contributed by atoms with van der Waals surface area (Å²) in [5.41, 5.74) is 1.93. The molecule has 33 heavy (non-hydrogen) atoms. The summed E-state index contributed by atoms with van der Waals surface area (Å²) in [6.45, 7) is 0.0598. The Morgan fingerprint density at radius 2 is 1.79 bits per heavy atom. The Hall–Kier alpha value is -3.64. The molecular weight excluding hydrogens is 485 g/mol. The van der Waals surface area contributed by atoms with Gasteiger partial charge in [-0.05, 0) is 57.2 Å². The molecule has 0 heterocycles. The highest BCUT2D eigenvalue weighted by Crippen LogP contribution is 2.37. The SMILES string of the molecule is COc1cc(/C=C/C(=O)Nc2cccc3ccccc23)cc(Br)c1OCc1ccccc1F. The van der Waals surface area contributed by atoms with Gasteiger partial charge < -0.3 is 14.8 Å². The Bertz CT molecular complexity index is 1330. The van der Waals surface area contributed by atoms with E-state index < -0.39 is 0 Å². The van der Waals surface area contributed by atoms with Crippen molar-refractivity contribution in [2.45, 2.75) is 6.61 Å². The molecular formula is C27H21BrFNO3. The van der Waals surface area contributed by atoms with Gasteiger partial charge >= 0.3 is 0 Å². The molecule has 4 aromatic carbocycles. The van der Waals surface area contributed by atoms with Crippen molar-refractivity contribution in [3.8, 4) is 11.5 Å². The molecule has 0 atom stereocenters. The molecule has 6 heteroatoms. The van der Waals surface area contributed by atoms with Crippen LogP contribution in [0.15, 0.2) is 89.4 Å². The summed E-state index contributed by atoms with van der Waals surface area (Å²) in [6.07, 6.45) is 3.15. The second-order valence-electron chi connectivity index (χ2n) is 7.26. The van der Waals surface area contributed by atoms with E-state index >= 15 is 0 Å². The summed E-state index contributed by atoms with van der Waals surface area (Å²) in [4.78, 5) is 12.5. The predicted molar refractivity (Wildman–Crippen MR) is 133 cm³/mol. The summed E-state index contributed by atoms with van der Waals surface area (Å²) in [7, 11) is 1.53. The molecule has 166 valence electrons. The van der Waals surface area contributed by atoms with E-state index in [0.717, 1.165) is 22.0 Å². The van der Waals surface area contributed by atoms with Gasteiger partial charge in [-0.3, -0.25) is 4.79 Å². The molecule has 0 aliphatic heterocycles. The standard InChI is InChI=1S/C27H21BrFNO3/c1-32-25-16-18(15-22(28)27(25)33-17-20-8-3-5-11-23(20)29)13-14-26(31)30-24-12-6-9-19-7-2-4-10-21(19)24/h2-16H,17H2,1H3,(H,30,31)/b14-13+. The molecule has 0 fully saturated rings. The van der Waals surface area contributed by atoms with Gasteiger partial charge in [0, 0.05) is 22.7 Å². The normalized spacial score (nSPS) is 11.0. The first-order chi connectivity index (χ1) is 16.0. The van der Waals surface area contributed by atoms with E-state index in [1.54, 1.807) is 36.4 Å². The first kappa shape index (κ1) is 22.6. The summed E-state index contributed by atoms with van der Waals surface area (Å²) in [6, 6.07) is 23.7. The number of carbonyl (C=O) groups is 1. The molecule has 0 saturated heterocycles. The van der Waals surface area contributed by atoms with Crippen molar-refractivity contribution in [2.75, 3.05) is 12.4 Å². The number of benzene rings is 4. The summed E-state index contributed by atoms with van der Waals surface area (Å²) >= 11 is 3.49. The Morgan fingerprint density at radius 3 is 2.61 bits per heavy atom. The topological polar surface area (TPSA) is 47.6 Å². The van der Waals surface area contributed by atoms with Crippen LogP contribution in [0.25, 0.3) is 16.8 Å². The van der Waals surface area contributed by atoms with Gasteiger partial charge in [0.25, 0.3) is 0 Å². The van der Waals surface area contributed by atoms with Gasteiger partial charge in [0.2, 0.25) is 5.91 Å². The fourth-order valence-corrected chi connectivity index (χ4v) is 4.00. The average Bonchev–Trinajstić information content (AvgIpc) is 2.83. The van der Waals surface area contributed by atoms with E-state index in [9.17, 15) is 9.18 Å². The Morgan fingerprint density at radius 1 is 1.03 bits per heavy atom. The van der Waals surface area contributed by atoms with Gasteiger partial charge in [0.15, 0.2) is 11.5 Å². The molecule has 1 N–H and O–H groups in total. The largest absolute Gasteiger partial charge is 0.493 e. The lowest BCUT2D eigenvalue weighted by Gasteiger charge is -2.14. The Labute approximate surface area is 199 Å². The number of hydrogen-bond acceptors (Lipinski definition) is 3. The number of anilines is 1. The maximum atomic E-state index is 13.9. The van der Waals surface area contributed by atoms with Gasteiger partial charge in [-0.1, -0.05) is 54.6 Å². The van der Waals surface area contributed by atoms with Crippen LogP contribution in [0.4, 0.5) is 10.1 Å². The molecule has 4 rings (SSSR count). The fourth-order valence-electron chi connectivity index (χ4n) is 3.42. The lowest BCUT2D eigenvalue weighted by atomic mass is 10.1. The van der Waals surface area contributed by atoms with Crippen molar-refractivity contribution in [1.82, 2.24) is 0 Å². The van der Waals surface area contributed by atoms with E-state index in [1.165, 1.54) is 19.3 Å². The number of halogens is 2. The number of rotatable bonds is 7. The minimum atomic E-state index is -0.329. The highest BCUT2D eigenvalue weighted by atomic mass is 79.9. The molecule has 4 aromatic rings. The lowest BCUT2D eigenvalue weighted by Crippen LogP contribution is -2.08. The first-order valence-electron chi connectivity index (χ1n) is 10.3. The number of carbonyl (C=O) groups excluding carboxylic acids is 1. The highest BCUT2D eigenvalue weighted by Gasteiger charge is 2.13. The van der Waals surface area contributed by atoms with E-state index in [-0.39, 0.29) is 18.3 Å². The molecule has 0 unspecified atom stereocenters. The Kier molecular flexibility index (Phi) is 7.05. The van der Waals surface area contributed by atoms with Crippen molar-refractivity contribution in [3.63, 3.8) is 0 Å². The smallest absolute Gasteiger partial charge is 0.248 e. The maximum Gasteiger partial charge on any atom is 0.248 e.